The summed E-state index contributed by atoms with van der Waals surface area (Å²) in [4.78, 5) is 7.42. The van der Waals surface area contributed by atoms with E-state index < -0.39 is 0 Å². The Morgan fingerprint density at radius 3 is 2.59 bits per heavy atom. The minimum absolute atomic E-state index is 0. The van der Waals surface area contributed by atoms with Crippen LogP contribution in [0.2, 0.25) is 0 Å². The van der Waals surface area contributed by atoms with Gasteiger partial charge in [-0.2, -0.15) is 0 Å². The van der Waals surface area contributed by atoms with E-state index >= 15 is 0 Å². The van der Waals surface area contributed by atoms with Crippen LogP contribution >= 0.6 is 36.2 Å². The van der Waals surface area contributed by atoms with Gasteiger partial charge in [-0.15, -0.1) is 36.2 Å². The summed E-state index contributed by atoms with van der Waals surface area (Å²) in [5, 5.41) is 3.65. The van der Waals surface area contributed by atoms with Gasteiger partial charge in [-0.3, -0.25) is 4.90 Å². The van der Waals surface area contributed by atoms with Crippen LogP contribution < -0.4 is 5.73 Å². The monoisotopic (exact) mass is 365 g/mol. The second kappa shape index (κ2) is 8.29. The third-order valence-electron chi connectivity index (χ3n) is 5.05. The van der Waals surface area contributed by atoms with Gasteiger partial charge < -0.3 is 5.73 Å². The minimum Gasteiger partial charge on any atom is -0.327 e. The van der Waals surface area contributed by atoms with E-state index in [1.807, 2.05) is 11.3 Å². The highest BCUT2D eigenvalue weighted by Gasteiger charge is 2.33. The van der Waals surface area contributed by atoms with Crippen LogP contribution in [0, 0.1) is 5.41 Å². The molecule has 2 aliphatic rings. The first-order chi connectivity index (χ1) is 9.54. The maximum Gasteiger partial charge on any atom is 0.0959 e. The molecule has 1 aliphatic carbocycles. The second-order valence-corrected chi connectivity index (χ2v) is 8.14. The summed E-state index contributed by atoms with van der Waals surface area (Å²) in [6.45, 7) is 7.77. The molecule has 2 fully saturated rings. The van der Waals surface area contributed by atoms with E-state index in [-0.39, 0.29) is 30.2 Å². The molecule has 1 saturated heterocycles. The lowest BCUT2D eigenvalue weighted by molar-refractivity contribution is 0.0890. The predicted octanol–water partition coefficient (Wildman–Crippen LogP) is 4.20. The SMILES string of the molecule is CC1(C)CN(Cc2csc(C3CCCC3)n2)CCC1N.Cl.Cl. The number of nitrogens with zero attached hydrogens (tertiary/aromatic N) is 2. The lowest BCUT2D eigenvalue weighted by Gasteiger charge is -2.42. The van der Waals surface area contributed by atoms with Crippen molar-refractivity contribution in [1.82, 2.24) is 9.88 Å². The largest absolute Gasteiger partial charge is 0.327 e. The molecule has 0 bridgehead atoms. The van der Waals surface area contributed by atoms with E-state index in [1.54, 1.807) is 0 Å². The molecule has 0 radical (unpaired) electrons. The standard InChI is InChI=1S/C16H27N3S.2ClH/c1-16(2)11-19(8-7-14(16)17)9-13-10-20-15(18-13)12-5-3-4-6-12;;/h10,12,14H,3-9,11,17H2,1-2H3;2*1H. The van der Waals surface area contributed by atoms with Crippen LogP contribution in [-0.2, 0) is 6.54 Å². The van der Waals surface area contributed by atoms with Crippen molar-refractivity contribution in [3.8, 4) is 0 Å². The molecule has 3 rings (SSSR count). The maximum atomic E-state index is 6.21. The van der Waals surface area contributed by atoms with E-state index in [0.29, 0.717) is 6.04 Å². The summed E-state index contributed by atoms with van der Waals surface area (Å²) in [5.74, 6) is 0.750. The van der Waals surface area contributed by atoms with Crippen LogP contribution in [0.4, 0.5) is 0 Å². The molecule has 1 atom stereocenters. The quantitative estimate of drug-likeness (QED) is 0.872. The van der Waals surface area contributed by atoms with Crippen LogP contribution in [0.1, 0.15) is 62.6 Å². The van der Waals surface area contributed by atoms with Gasteiger partial charge >= 0.3 is 0 Å². The molecule has 1 aromatic rings. The van der Waals surface area contributed by atoms with Crippen LogP contribution in [0.25, 0.3) is 0 Å². The fourth-order valence-electron chi connectivity index (χ4n) is 3.60. The molecule has 1 aliphatic heterocycles. The number of thiazole rings is 1. The first-order valence-electron chi connectivity index (χ1n) is 7.97. The number of piperidine rings is 1. The van der Waals surface area contributed by atoms with Crippen molar-refractivity contribution in [2.75, 3.05) is 13.1 Å². The van der Waals surface area contributed by atoms with Gasteiger partial charge in [0.05, 0.1) is 10.7 Å². The molecule has 2 N–H and O–H groups in total. The summed E-state index contributed by atoms with van der Waals surface area (Å²) in [6.07, 6.45) is 6.57. The fourth-order valence-corrected chi connectivity index (χ4v) is 4.59. The van der Waals surface area contributed by atoms with E-state index in [4.69, 9.17) is 10.7 Å². The Bertz CT molecular complexity index is 458. The Morgan fingerprint density at radius 2 is 1.95 bits per heavy atom. The molecule has 0 aromatic carbocycles. The Balaban J connectivity index is 0.00000121. The number of nitrogens with two attached hydrogens (primary N) is 1. The zero-order valence-electron chi connectivity index (χ0n) is 13.6. The Labute approximate surface area is 150 Å². The van der Waals surface area contributed by atoms with Crippen LogP contribution in [0.5, 0.6) is 0 Å². The van der Waals surface area contributed by atoms with Crippen LogP contribution in [0.3, 0.4) is 0 Å². The topological polar surface area (TPSA) is 42.2 Å². The average molecular weight is 366 g/mol. The number of rotatable bonds is 3. The number of halogens is 2. The van der Waals surface area contributed by atoms with Gasteiger partial charge in [0, 0.05) is 37.0 Å². The predicted molar refractivity (Wildman–Crippen MR) is 99.5 cm³/mol. The van der Waals surface area contributed by atoms with Crippen molar-refractivity contribution < 1.29 is 0 Å². The molecule has 3 nitrogen and oxygen atoms in total. The third kappa shape index (κ3) is 4.57. The zero-order chi connectivity index (χ0) is 14.2. The van der Waals surface area contributed by atoms with Crippen LogP contribution in [0.15, 0.2) is 5.38 Å². The highest BCUT2D eigenvalue weighted by atomic mass is 35.5. The number of hydrogen-bond acceptors (Lipinski definition) is 4. The first-order valence-corrected chi connectivity index (χ1v) is 8.85. The summed E-state index contributed by atoms with van der Waals surface area (Å²) < 4.78 is 0. The summed E-state index contributed by atoms with van der Waals surface area (Å²) >= 11 is 1.87. The van der Waals surface area contributed by atoms with Crippen molar-refractivity contribution in [2.45, 2.75) is 64.5 Å². The molecular weight excluding hydrogens is 337 g/mol. The third-order valence-corrected chi connectivity index (χ3v) is 6.11. The highest BCUT2D eigenvalue weighted by Crippen LogP contribution is 2.36. The molecular formula is C16H29Cl2N3S. The smallest absolute Gasteiger partial charge is 0.0959 e. The molecule has 128 valence electrons. The summed E-state index contributed by atoms with van der Waals surface area (Å²) in [7, 11) is 0. The number of aromatic nitrogens is 1. The molecule has 1 aromatic heterocycles. The van der Waals surface area contributed by atoms with Crippen molar-refractivity contribution in [3.63, 3.8) is 0 Å². The number of likely N-dealkylation sites (tertiary alicyclic amines) is 1. The molecule has 6 heteroatoms. The van der Waals surface area contributed by atoms with E-state index in [9.17, 15) is 0 Å². The highest BCUT2D eigenvalue weighted by molar-refractivity contribution is 7.09. The van der Waals surface area contributed by atoms with Gasteiger partial charge in [-0.25, -0.2) is 4.98 Å². The molecule has 0 spiro atoms. The van der Waals surface area contributed by atoms with E-state index in [1.165, 1.54) is 36.4 Å². The van der Waals surface area contributed by atoms with Gasteiger partial charge in [0.15, 0.2) is 0 Å². The van der Waals surface area contributed by atoms with Crippen molar-refractivity contribution >= 4 is 36.2 Å². The van der Waals surface area contributed by atoms with Gasteiger partial charge in [0.1, 0.15) is 0 Å². The van der Waals surface area contributed by atoms with E-state index in [2.05, 4.69) is 24.1 Å². The van der Waals surface area contributed by atoms with Crippen LogP contribution in [-0.4, -0.2) is 29.0 Å². The van der Waals surface area contributed by atoms with Gasteiger partial charge in [-0.05, 0) is 24.7 Å². The maximum absolute atomic E-state index is 6.21. The Kier molecular flexibility index (Phi) is 7.61. The minimum atomic E-state index is 0. The molecule has 1 saturated carbocycles. The Morgan fingerprint density at radius 1 is 1.27 bits per heavy atom. The summed E-state index contributed by atoms with van der Waals surface area (Å²) in [5.41, 5.74) is 7.71. The molecule has 22 heavy (non-hydrogen) atoms. The Hall–Kier alpha value is 0.130. The first kappa shape index (κ1) is 20.2. The van der Waals surface area contributed by atoms with Crippen molar-refractivity contribution in [3.05, 3.63) is 16.1 Å². The molecule has 1 unspecified atom stereocenters. The van der Waals surface area contributed by atoms with Gasteiger partial charge in [0.2, 0.25) is 0 Å². The van der Waals surface area contributed by atoms with E-state index in [0.717, 1.165) is 32.0 Å². The number of hydrogen-bond donors (Lipinski definition) is 1. The lowest BCUT2D eigenvalue weighted by Crippen LogP contribution is -2.52. The van der Waals surface area contributed by atoms with Gasteiger partial charge in [0.25, 0.3) is 0 Å². The average Bonchev–Trinajstić information content (AvgIpc) is 3.03. The second-order valence-electron chi connectivity index (χ2n) is 7.25. The normalized spacial score (nSPS) is 25.5. The lowest BCUT2D eigenvalue weighted by atomic mass is 9.80. The summed E-state index contributed by atoms with van der Waals surface area (Å²) in [6, 6.07) is 0.336. The van der Waals surface area contributed by atoms with Crippen molar-refractivity contribution in [1.29, 1.82) is 0 Å². The van der Waals surface area contributed by atoms with Gasteiger partial charge in [-0.1, -0.05) is 26.7 Å². The molecule has 2 heterocycles. The fraction of sp³-hybridized carbons (Fsp3) is 0.812. The zero-order valence-corrected chi connectivity index (χ0v) is 16.0. The molecule has 0 amide bonds. The van der Waals surface area contributed by atoms with Crippen molar-refractivity contribution in [2.24, 2.45) is 11.1 Å².